The molecule has 0 saturated carbocycles. The van der Waals surface area contributed by atoms with Crippen LogP contribution in [0.4, 0.5) is 5.69 Å². The zero-order chi connectivity index (χ0) is 13.7. The van der Waals surface area contributed by atoms with Gasteiger partial charge in [0.25, 0.3) is 0 Å². The molecule has 1 aromatic carbocycles. The van der Waals surface area contributed by atoms with Crippen molar-refractivity contribution in [2.45, 2.75) is 13.0 Å². The number of anilines is 1. The van der Waals surface area contributed by atoms with Gasteiger partial charge >= 0.3 is 0 Å². The lowest BCUT2D eigenvalue weighted by atomic mass is 10.1. The average Bonchev–Trinajstić information content (AvgIpc) is 2.90. The summed E-state index contributed by atoms with van der Waals surface area (Å²) >= 11 is 4.94. The number of amides is 1. The fourth-order valence-electron chi connectivity index (χ4n) is 1.67. The minimum atomic E-state index is -0.0980. The Morgan fingerprint density at radius 2 is 2.16 bits per heavy atom. The summed E-state index contributed by atoms with van der Waals surface area (Å²) in [7, 11) is 0. The molecule has 0 bridgehead atoms. The Bertz CT molecular complexity index is 580. The predicted molar refractivity (Wildman–Crippen MR) is 77.8 cm³/mol. The van der Waals surface area contributed by atoms with Crippen molar-refractivity contribution in [3.05, 3.63) is 48.3 Å². The first-order chi connectivity index (χ1) is 9.16. The highest BCUT2D eigenvalue weighted by atomic mass is 32.1. The van der Waals surface area contributed by atoms with Crippen LogP contribution in [0, 0.1) is 0 Å². The molecular formula is C13H14N4OS. The zero-order valence-corrected chi connectivity index (χ0v) is 11.1. The molecule has 0 saturated heterocycles. The second-order valence-electron chi connectivity index (χ2n) is 3.98. The van der Waals surface area contributed by atoms with Crippen LogP contribution < -0.4 is 11.1 Å². The van der Waals surface area contributed by atoms with E-state index in [1.807, 2.05) is 24.4 Å². The quantitative estimate of drug-likeness (QED) is 0.811. The Morgan fingerprint density at radius 1 is 1.37 bits per heavy atom. The highest BCUT2D eigenvalue weighted by Gasteiger charge is 2.08. The van der Waals surface area contributed by atoms with Crippen molar-refractivity contribution < 1.29 is 4.79 Å². The number of carbonyl (C=O) groups excluding carboxylic acids is 1. The van der Waals surface area contributed by atoms with E-state index in [1.165, 1.54) is 0 Å². The molecule has 0 aliphatic rings. The molecule has 19 heavy (non-hydrogen) atoms. The van der Waals surface area contributed by atoms with Gasteiger partial charge in [-0.05, 0) is 18.2 Å². The van der Waals surface area contributed by atoms with E-state index < -0.39 is 0 Å². The first-order valence-corrected chi connectivity index (χ1v) is 6.24. The first-order valence-electron chi connectivity index (χ1n) is 5.83. The molecule has 6 heteroatoms. The van der Waals surface area contributed by atoms with E-state index in [2.05, 4.69) is 10.4 Å². The maximum Gasteiger partial charge on any atom is 0.226 e. The third kappa shape index (κ3) is 3.62. The SMILES string of the molecule is NC(=S)c1ccccc1NC(=O)CCn1cccn1. The van der Waals surface area contributed by atoms with Crippen LogP contribution in [0.5, 0.6) is 0 Å². The smallest absolute Gasteiger partial charge is 0.226 e. The summed E-state index contributed by atoms with van der Waals surface area (Å²) in [5.74, 6) is -0.0980. The number of aryl methyl sites for hydroxylation is 1. The molecule has 2 aromatic rings. The van der Waals surface area contributed by atoms with Gasteiger partial charge in [0.1, 0.15) is 4.99 Å². The van der Waals surface area contributed by atoms with Gasteiger partial charge in [-0.15, -0.1) is 0 Å². The van der Waals surface area contributed by atoms with Crippen LogP contribution in [-0.4, -0.2) is 20.7 Å². The fourth-order valence-corrected chi connectivity index (χ4v) is 1.85. The topological polar surface area (TPSA) is 72.9 Å². The molecule has 1 amide bonds. The number of nitrogens with one attached hydrogen (secondary N) is 1. The molecule has 0 radical (unpaired) electrons. The molecular weight excluding hydrogens is 260 g/mol. The predicted octanol–water partition coefficient (Wildman–Crippen LogP) is 1.55. The summed E-state index contributed by atoms with van der Waals surface area (Å²) in [4.78, 5) is 12.1. The van der Waals surface area contributed by atoms with E-state index >= 15 is 0 Å². The van der Waals surface area contributed by atoms with Gasteiger partial charge in [0.2, 0.25) is 5.91 Å². The van der Waals surface area contributed by atoms with Gasteiger partial charge in [-0.25, -0.2) is 0 Å². The van der Waals surface area contributed by atoms with Crippen molar-refractivity contribution in [3.63, 3.8) is 0 Å². The lowest BCUT2D eigenvalue weighted by Gasteiger charge is -2.09. The molecule has 3 N–H and O–H groups in total. The highest BCUT2D eigenvalue weighted by Crippen LogP contribution is 2.15. The standard InChI is InChI=1S/C13H14N4OS/c14-13(19)10-4-1-2-5-11(10)16-12(18)6-9-17-8-3-7-15-17/h1-5,7-8H,6,9H2,(H2,14,19)(H,16,18). The Balaban J connectivity index is 1.97. The molecule has 0 fully saturated rings. The molecule has 0 atom stereocenters. The molecule has 0 aliphatic heterocycles. The summed E-state index contributed by atoms with van der Waals surface area (Å²) in [5.41, 5.74) is 6.92. The summed E-state index contributed by atoms with van der Waals surface area (Å²) in [6, 6.07) is 9.03. The third-order valence-electron chi connectivity index (χ3n) is 2.59. The van der Waals surface area contributed by atoms with E-state index in [-0.39, 0.29) is 10.9 Å². The van der Waals surface area contributed by atoms with Crippen molar-refractivity contribution in [1.82, 2.24) is 9.78 Å². The zero-order valence-electron chi connectivity index (χ0n) is 10.2. The number of carbonyl (C=O) groups is 1. The summed E-state index contributed by atoms with van der Waals surface area (Å²) in [6.45, 7) is 0.536. The van der Waals surface area contributed by atoms with Crippen LogP contribution in [0.1, 0.15) is 12.0 Å². The van der Waals surface area contributed by atoms with Crippen LogP contribution in [0.25, 0.3) is 0 Å². The van der Waals surface area contributed by atoms with Crippen LogP contribution in [0.15, 0.2) is 42.7 Å². The van der Waals surface area contributed by atoms with Gasteiger partial charge in [-0.2, -0.15) is 5.10 Å². The number of aromatic nitrogens is 2. The number of rotatable bonds is 5. The average molecular weight is 274 g/mol. The Kier molecular flexibility index (Phi) is 4.25. The Morgan fingerprint density at radius 3 is 2.84 bits per heavy atom. The lowest BCUT2D eigenvalue weighted by Crippen LogP contribution is -2.18. The largest absolute Gasteiger partial charge is 0.389 e. The van der Waals surface area contributed by atoms with Gasteiger partial charge in [-0.3, -0.25) is 9.48 Å². The summed E-state index contributed by atoms with van der Waals surface area (Å²) < 4.78 is 1.71. The van der Waals surface area contributed by atoms with Crippen molar-refractivity contribution >= 4 is 28.8 Å². The number of hydrogen-bond donors (Lipinski definition) is 2. The highest BCUT2D eigenvalue weighted by molar-refractivity contribution is 7.80. The molecule has 98 valence electrons. The van der Waals surface area contributed by atoms with Gasteiger partial charge in [0.05, 0.1) is 5.69 Å². The number of hydrogen-bond acceptors (Lipinski definition) is 3. The third-order valence-corrected chi connectivity index (χ3v) is 2.81. The van der Waals surface area contributed by atoms with Gasteiger partial charge in [0, 0.05) is 30.9 Å². The minimum Gasteiger partial charge on any atom is -0.389 e. The number of para-hydroxylation sites is 1. The fraction of sp³-hybridized carbons (Fsp3) is 0.154. The normalized spacial score (nSPS) is 10.1. The van der Waals surface area contributed by atoms with Crippen LogP contribution in [0.2, 0.25) is 0 Å². The van der Waals surface area contributed by atoms with Crippen molar-refractivity contribution in [2.24, 2.45) is 5.73 Å². The van der Waals surface area contributed by atoms with Crippen LogP contribution in [-0.2, 0) is 11.3 Å². The molecule has 0 aliphatic carbocycles. The molecule has 0 unspecified atom stereocenters. The molecule has 1 aromatic heterocycles. The Labute approximate surface area is 116 Å². The van der Waals surface area contributed by atoms with Crippen LogP contribution in [0.3, 0.4) is 0 Å². The van der Waals surface area contributed by atoms with Gasteiger partial charge in [0.15, 0.2) is 0 Å². The second-order valence-corrected chi connectivity index (χ2v) is 4.42. The summed E-state index contributed by atoms with van der Waals surface area (Å²) in [5, 5.41) is 6.84. The lowest BCUT2D eigenvalue weighted by molar-refractivity contribution is -0.116. The number of benzene rings is 1. The van der Waals surface area contributed by atoms with E-state index in [0.717, 1.165) is 0 Å². The van der Waals surface area contributed by atoms with Crippen molar-refractivity contribution in [2.75, 3.05) is 5.32 Å². The van der Waals surface area contributed by atoms with Crippen LogP contribution >= 0.6 is 12.2 Å². The molecule has 0 spiro atoms. The minimum absolute atomic E-state index is 0.0980. The maximum absolute atomic E-state index is 11.8. The van der Waals surface area contributed by atoms with E-state index in [4.69, 9.17) is 18.0 Å². The van der Waals surface area contributed by atoms with Gasteiger partial charge < -0.3 is 11.1 Å². The van der Waals surface area contributed by atoms with Gasteiger partial charge in [-0.1, -0.05) is 24.4 Å². The molecule has 2 rings (SSSR count). The first kappa shape index (κ1) is 13.2. The Hall–Kier alpha value is -2.21. The maximum atomic E-state index is 11.8. The van der Waals surface area contributed by atoms with Crippen molar-refractivity contribution in [3.8, 4) is 0 Å². The van der Waals surface area contributed by atoms with E-state index in [0.29, 0.717) is 24.2 Å². The number of nitrogens with zero attached hydrogens (tertiary/aromatic N) is 2. The number of thiocarbonyl (C=S) groups is 1. The number of nitrogens with two attached hydrogens (primary N) is 1. The van der Waals surface area contributed by atoms with E-state index in [9.17, 15) is 4.79 Å². The van der Waals surface area contributed by atoms with E-state index in [1.54, 1.807) is 23.0 Å². The molecule has 5 nitrogen and oxygen atoms in total. The van der Waals surface area contributed by atoms with Crippen molar-refractivity contribution in [1.29, 1.82) is 0 Å². The second kappa shape index (κ2) is 6.10. The molecule has 1 heterocycles. The summed E-state index contributed by atoms with van der Waals surface area (Å²) in [6.07, 6.45) is 3.84. The monoisotopic (exact) mass is 274 g/mol.